The third-order valence-electron chi connectivity index (χ3n) is 3.43. The highest BCUT2D eigenvalue weighted by Gasteiger charge is 2.17. The van der Waals surface area contributed by atoms with E-state index in [9.17, 15) is 0 Å². The Morgan fingerprint density at radius 1 is 1.22 bits per heavy atom. The van der Waals surface area contributed by atoms with E-state index in [0.717, 1.165) is 20.7 Å². The van der Waals surface area contributed by atoms with Gasteiger partial charge in [0.05, 0.1) is 6.04 Å². The normalized spacial score (nSPS) is 12.0. The van der Waals surface area contributed by atoms with Gasteiger partial charge in [-0.2, -0.15) is 0 Å². The summed E-state index contributed by atoms with van der Waals surface area (Å²) in [7, 11) is 4.06. The van der Waals surface area contributed by atoms with Gasteiger partial charge in [-0.15, -0.1) is 0 Å². The summed E-state index contributed by atoms with van der Waals surface area (Å²) in [4.78, 5) is 2.12. The monoisotopic (exact) mass is 411 g/mol. The fourth-order valence-electron chi connectivity index (χ4n) is 2.25. The third-order valence-corrected chi connectivity index (χ3v) is 4.51. The maximum absolute atomic E-state index is 6.32. The molecule has 23 heavy (non-hydrogen) atoms. The fourth-order valence-corrected chi connectivity index (χ4v) is 3.11. The van der Waals surface area contributed by atoms with Crippen LogP contribution < -0.4 is 10.6 Å². The first kappa shape index (κ1) is 18.2. The lowest BCUT2D eigenvalue weighted by Crippen LogP contribution is -2.36. The van der Waals surface area contributed by atoms with Gasteiger partial charge in [-0.1, -0.05) is 51.8 Å². The van der Waals surface area contributed by atoms with Crippen LogP contribution in [0.4, 0.5) is 5.69 Å². The summed E-state index contributed by atoms with van der Waals surface area (Å²) in [5, 5.41) is 7.79. The Bertz CT molecular complexity index is 678. The van der Waals surface area contributed by atoms with Crippen LogP contribution in [0.25, 0.3) is 0 Å². The van der Waals surface area contributed by atoms with Gasteiger partial charge in [-0.05, 0) is 56.1 Å². The summed E-state index contributed by atoms with van der Waals surface area (Å²) in [6.45, 7) is 0.663. The molecule has 0 saturated heterocycles. The predicted octanol–water partition coefficient (Wildman–Crippen LogP) is 4.69. The summed E-state index contributed by atoms with van der Waals surface area (Å²) >= 11 is 15.1. The van der Waals surface area contributed by atoms with E-state index in [2.05, 4.69) is 31.5 Å². The fraction of sp³-hybridized carbons (Fsp3) is 0.235. The molecule has 6 heteroatoms. The van der Waals surface area contributed by atoms with E-state index in [-0.39, 0.29) is 6.04 Å². The van der Waals surface area contributed by atoms with E-state index in [1.54, 1.807) is 0 Å². The third kappa shape index (κ3) is 5.46. The zero-order chi connectivity index (χ0) is 16.8. The molecule has 0 heterocycles. The van der Waals surface area contributed by atoms with E-state index in [4.69, 9.17) is 23.8 Å². The van der Waals surface area contributed by atoms with Crippen LogP contribution in [0.5, 0.6) is 0 Å². The lowest BCUT2D eigenvalue weighted by Gasteiger charge is -2.26. The second kappa shape index (κ2) is 8.64. The number of hydrogen-bond donors (Lipinski definition) is 2. The summed E-state index contributed by atoms with van der Waals surface area (Å²) in [5.74, 6) is 0. The number of hydrogen-bond acceptors (Lipinski definition) is 2. The van der Waals surface area contributed by atoms with E-state index < -0.39 is 0 Å². The number of nitrogens with one attached hydrogen (secondary N) is 2. The van der Waals surface area contributed by atoms with Gasteiger partial charge < -0.3 is 15.5 Å². The van der Waals surface area contributed by atoms with Gasteiger partial charge >= 0.3 is 0 Å². The highest BCUT2D eigenvalue weighted by atomic mass is 79.9. The number of thiocarbonyl (C=S) groups is 1. The lowest BCUT2D eigenvalue weighted by atomic mass is 10.1. The first-order chi connectivity index (χ1) is 11.0. The van der Waals surface area contributed by atoms with E-state index in [0.29, 0.717) is 11.7 Å². The molecule has 0 amide bonds. The molecule has 122 valence electrons. The van der Waals surface area contributed by atoms with Crippen LogP contribution in [0.3, 0.4) is 0 Å². The molecule has 1 atom stereocenters. The smallest absolute Gasteiger partial charge is 0.170 e. The minimum Gasteiger partial charge on any atom is -0.361 e. The second-order valence-electron chi connectivity index (χ2n) is 5.35. The Labute approximate surface area is 156 Å². The van der Waals surface area contributed by atoms with Crippen LogP contribution >= 0.6 is 39.7 Å². The average molecular weight is 413 g/mol. The highest BCUT2D eigenvalue weighted by molar-refractivity contribution is 9.10. The molecule has 0 spiro atoms. The molecular weight excluding hydrogens is 394 g/mol. The predicted molar refractivity (Wildman–Crippen MR) is 106 cm³/mol. The molecule has 3 nitrogen and oxygen atoms in total. The molecule has 0 saturated carbocycles. The Morgan fingerprint density at radius 2 is 1.96 bits per heavy atom. The maximum Gasteiger partial charge on any atom is 0.170 e. The molecule has 2 aromatic rings. The van der Waals surface area contributed by atoms with Crippen molar-refractivity contribution in [1.29, 1.82) is 0 Å². The average Bonchev–Trinajstić information content (AvgIpc) is 2.49. The molecule has 0 fully saturated rings. The number of nitrogens with zero attached hydrogens (tertiary/aromatic N) is 1. The molecule has 0 unspecified atom stereocenters. The first-order valence-electron chi connectivity index (χ1n) is 7.18. The standard InChI is InChI=1S/C17H19BrClN3S/c1-22(2)16(14-8-3-4-9-15(14)19)11-20-17(23)21-13-7-5-6-12(18)10-13/h3-10,16H,11H2,1-2H3,(H2,20,21,23)/t16-/m1/s1. The van der Waals surface area contributed by atoms with Gasteiger partial charge in [0.25, 0.3) is 0 Å². The zero-order valence-electron chi connectivity index (χ0n) is 13.0. The van der Waals surface area contributed by atoms with Gasteiger partial charge in [0.15, 0.2) is 5.11 Å². The van der Waals surface area contributed by atoms with Crippen molar-refractivity contribution in [2.45, 2.75) is 6.04 Å². The van der Waals surface area contributed by atoms with Crippen molar-refractivity contribution in [2.75, 3.05) is 26.0 Å². The minimum absolute atomic E-state index is 0.131. The number of halogens is 2. The van der Waals surface area contributed by atoms with Crippen LogP contribution in [0.1, 0.15) is 11.6 Å². The Balaban J connectivity index is 1.99. The van der Waals surface area contributed by atoms with E-state index in [1.807, 2.05) is 62.6 Å². The van der Waals surface area contributed by atoms with Crippen molar-refractivity contribution in [1.82, 2.24) is 10.2 Å². The van der Waals surface area contributed by atoms with Crippen molar-refractivity contribution in [3.05, 3.63) is 63.6 Å². The van der Waals surface area contributed by atoms with Crippen molar-refractivity contribution in [3.63, 3.8) is 0 Å². The second-order valence-corrected chi connectivity index (χ2v) is 7.08. The van der Waals surface area contributed by atoms with Crippen molar-refractivity contribution < 1.29 is 0 Å². The SMILES string of the molecule is CN(C)[C@H](CNC(=S)Nc1cccc(Br)c1)c1ccccc1Cl. The zero-order valence-corrected chi connectivity index (χ0v) is 16.2. The topological polar surface area (TPSA) is 27.3 Å². The molecule has 0 bridgehead atoms. The van der Waals surface area contributed by atoms with Crippen molar-refractivity contribution in [2.24, 2.45) is 0 Å². The Hall–Kier alpha value is -1.14. The lowest BCUT2D eigenvalue weighted by molar-refractivity contribution is 0.299. The summed E-state index contributed by atoms with van der Waals surface area (Å²) in [6, 6.07) is 15.9. The molecule has 0 aliphatic carbocycles. The molecule has 2 rings (SSSR count). The van der Waals surface area contributed by atoms with Crippen molar-refractivity contribution >= 4 is 50.5 Å². The van der Waals surface area contributed by atoms with Gasteiger partial charge in [0, 0.05) is 21.7 Å². The highest BCUT2D eigenvalue weighted by Crippen LogP contribution is 2.25. The minimum atomic E-state index is 0.131. The van der Waals surface area contributed by atoms with Crippen LogP contribution in [-0.4, -0.2) is 30.7 Å². The molecule has 0 aliphatic rings. The largest absolute Gasteiger partial charge is 0.361 e. The first-order valence-corrected chi connectivity index (χ1v) is 8.76. The molecule has 0 radical (unpaired) electrons. The van der Waals surface area contributed by atoms with Crippen molar-refractivity contribution in [3.8, 4) is 0 Å². The van der Waals surface area contributed by atoms with Crippen LogP contribution in [0.15, 0.2) is 53.0 Å². The number of rotatable bonds is 5. The van der Waals surface area contributed by atoms with E-state index in [1.165, 1.54) is 0 Å². The summed E-state index contributed by atoms with van der Waals surface area (Å²) in [5.41, 5.74) is 2.02. The van der Waals surface area contributed by atoms with Crippen LogP contribution in [0.2, 0.25) is 5.02 Å². The molecule has 2 N–H and O–H groups in total. The number of likely N-dealkylation sites (N-methyl/N-ethyl adjacent to an activating group) is 1. The van der Waals surface area contributed by atoms with Crippen LogP contribution in [0, 0.1) is 0 Å². The number of anilines is 1. The summed E-state index contributed by atoms with van der Waals surface area (Å²) in [6.07, 6.45) is 0. The maximum atomic E-state index is 6.32. The Morgan fingerprint density at radius 3 is 2.61 bits per heavy atom. The summed E-state index contributed by atoms with van der Waals surface area (Å²) < 4.78 is 1.01. The Kier molecular flexibility index (Phi) is 6.84. The molecular formula is C17H19BrClN3S. The van der Waals surface area contributed by atoms with Gasteiger partial charge in [0.2, 0.25) is 0 Å². The van der Waals surface area contributed by atoms with E-state index >= 15 is 0 Å². The van der Waals surface area contributed by atoms with Gasteiger partial charge in [-0.3, -0.25) is 0 Å². The van der Waals surface area contributed by atoms with Gasteiger partial charge in [-0.25, -0.2) is 0 Å². The molecule has 0 aliphatic heterocycles. The number of benzene rings is 2. The molecule has 0 aromatic heterocycles. The van der Waals surface area contributed by atoms with Crippen LogP contribution in [-0.2, 0) is 0 Å². The quantitative estimate of drug-likeness (QED) is 0.697. The molecule has 2 aromatic carbocycles. The van der Waals surface area contributed by atoms with Gasteiger partial charge in [0.1, 0.15) is 0 Å².